The minimum Gasteiger partial charge on any atom is -0.507 e. The molecule has 78 heavy (non-hydrogen) atoms. The van der Waals surface area contributed by atoms with Gasteiger partial charge in [0.05, 0.1) is 45.0 Å². The van der Waals surface area contributed by atoms with Crippen LogP contribution in [0.1, 0.15) is 63.7 Å². The lowest BCUT2D eigenvalue weighted by Crippen LogP contribution is -2.08. The van der Waals surface area contributed by atoms with E-state index in [-0.39, 0.29) is 90.3 Å². The van der Waals surface area contributed by atoms with E-state index in [1.165, 1.54) is 110 Å². The van der Waals surface area contributed by atoms with Gasteiger partial charge in [0.2, 0.25) is 0 Å². The Morgan fingerprint density at radius 3 is 0.692 bits per heavy atom. The molecule has 9 aromatic carbocycles. The third-order valence-corrected chi connectivity index (χ3v) is 11.3. The molecule has 4 N–H and O–H groups in total. The molecule has 0 heterocycles. The number of ether oxygens (including phenoxy) is 4. The summed E-state index contributed by atoms with van der Waals surface area (Å²) in [6.07, 6.45) is 5.07. The summed E-state index contributed by atoms with van der Waals surface area (Å²) >= 11 is 0. The third-order valence-electron chi connectivity index (χ3n) is 11.3. The maximum absolute atomic E-state index is 13.2. The zero-order chi connectivity index (χ0) is 54.4. The molecule has 16 nitrogen and oxygen atoms in total. The smallest absolute Gasteiger partial charge is 0.343 e. The number of rotatable bonds is 16. The van der Waals surface area contributed by atoms with E-state index in [1.807, 2.05) is 0 Å². The molecular formula is C62H42N4O12. The number of phenolic OH excluding ortho intramolecular Hbond substituents is 4. The summed E-state index contributed by atoms with van der Waals surface area (Å²) in [7, 11) is 0. The van der Waals surface area contributed by atoms with Gasteiger partial charge in [-0.1, -0.05) is 72.8 Å². The van der Waals surface area contributed by atoms with Gasteiger partial charge >= 0.3 is 23.9 Å². The number of aliphatic imine (C=N–C) groups is 4. The number of carbonyl (C=O) groups excluding carboxylic acids is 4. The molecule has 16 heteroatoms. The lowest BCUT2D eigenvalue weighted by molar-refractivity contribution is 0.0725. The summed E-state index contributed by atoms with van der Waals surface area (Å²) in [6, 6.07) is 52.8. The van der Waals surface area contributed by atoms with Crippen molar-refractivity contribution in [1.29, 1.82) is 0 Å². The largest absolute Gasteiger partial charge is 0.507 e. The van der Waals surface area contributed by atoms with Gasteiger partial charge in [0.1, 0.15) is 46.0 Å². The summed E-state index contributed by atoms with van der Waals surface area (Å²) < 4.78 is 22.1. The Morgan fingerprint density at radius 1 is 0.282 bits per heavy atom. The van der Waals surface area contributed by atoms with Crippen molar-refractivity contribution in [3.63, 3.8) is 0 Å². The van der Waals surface area contributed by atoms with Crippen molar-refractivity contribution in [1.82, 2.24) is 0 Å². The average Bonchev–Trinajstić information content (AvgIpc) is 3.47. The summed E-state index contributed by atoms with van der Waals surface area (Å²) in [4.78, 5) is 71.7. The molecule has 0 saturated carbocycles. The Labute approximate surface area is 445 Å². The minimum atomic E-state index is -0.708. The second kappa shape index (κ2) is 24.2. The van der Waals surface area contributed by atoms with Crippen LogP contribution in [0.2, 0.25) is 0 Å². The number of aromatic hydroxyl groups is 4. The van der Waals surface area contributed by atoms with Crippen molar-refractivity contribution in [2.24, 2.45) is 20.0 Å². The van der Waals surface area contributed by atoms with Crippen LogP contribution in [0, 0.1) is 0 Å². The highest BCUT2D eigenvalue weighted by molar-refractivity contribution is 6.00. The molecule has 0 amide bonds. The van der Waals surface area contributed by atoms with Crippen LogP contribution in [0.4, 0.5) is 22.7 Å². The highest BCUT2D eigenvalue weighted by atomic mass is 16.5. The highest BCUT2D eigenvalue weighted by Crippen LogP contribution is 2.41. The molecule has 0 atom stereocenters. The Hall–Kier alpha value is -11.3. The predicted octanol–water partition coefficient (Wildman–Crippen LogP) is 12.4. The van der Waals surface area contributed by atoms with Crippen LogP contribution in [0.3, 0.4) is 0 Å². The summed E-state index contributed by atoms with van der Waals surface area (Å²) in [5.74, 6) is -2.63. The molecule has 0 spiro atoms. The first-order valence-corrected chi connectivity index (χ1v) is 23.7. The molecule has 0 aliphatic rings. The van der Waals surface area contributed by atoms with Crippen LogP contribution in [-0.4, -0.2) is 69.2 Å². The molecule has 0 radical (unpaired) electrons. The van der Waals surface area contributed by atoms with Gasteiger partial charge in [-0.2, -0.15) is 0 Å². The van der Waals surface area contributed by atoms with Crippen LogP contribution >= 0.6 is 0 Å². The first-order chi connectivity index (χ1) is 37.9. The van der Waals surface area contributed by atoms with Crippen LogP contribution in [0.15, 0.2) is 226 Å². The van der Waals surface area contributed by atoms with Crippen molar-refractivity contribution in [2.45, 2.75) is 0 Å². The average molecular weight is 1040 g/mol. The third kappa shape index (κ3) is 13.3. The minimum absolute atomic E-state index is 0.0612. The van der Waals surface area contributed by atoms with E-state index < -0.39 is 23.9 Å². The molecular weight excluding hydrogens is 993 g/mol. The van der Waals surface area contributed by atoms with Crippen molar-refractivity contribution >= 4 is 71.5 Å². The van der Waals surface area contributed by atoms with Crippen LogP contribution in [0.25, 0.3) is 0 Å². The van der Waals surface area contributed by atoms with Crippen molar-refractivity contribution in [2.75, 3.05) is 0 Å². The number of benzene rings is 9. The fourth-order valence-corrected chi connectivity index (χ4v) is 7.28. The van der Waals surface area contributed by atoms with E-state index in [1.54, 1.807) is 121 Å². The van der Waals surface area contributed by atoms with Gasteiger partial charge in [-0.15, -0.1) is 0 Å². The van der Waals surface area contributed by atoms with Gasteiger partial charge < -0.3 is 39.4 Å². The topological polar surface area (TPSA) is 236 Å². The van der Waals surface area contributed by atoms with Gasteiger partial charge in [-0.3, -0.25) is 20.0 Å². The van der Waals surface area contributed by atoms with Crippen LogP contribution in [-0.2, 0) is 0 Å². The van der Waals surface area contributed by atoms with Gasteiger partial charge in [-0.25, -0.2) is 19.2 Å². The summed E-state index contributed by atoms with van der Waals surface area (Å²) in [6.45, 7) is 0. The van der Waals surface area contributed by atoms with Crippen LogP contribution < -0.4 is 18.9 Å². The zero-order valence-corrected chi connectivity index (χ0v) is 40.8. The lowest BCUT2D eigenvalue weighted by Gasteiger charge is -2.09. The summed E-state index contributed by atoms with van der Waals surface area (Å²) in [5.41, 5.74) is 0.948. The molecule has 9 aromatic rings. The maximum Gasteiger partial charge on any atom is 0.343 e. The molecule has 9 rings (SSSR count). The van der Waals surface area contributed by atoms with Gasteiger partial charge in [0.15, 0.2) is 0 Å². The lowest BCUT2D eigenvalue weighted by atomic mass is 10.1. The predicted molar refractivity (Wildman–Crippen MR) is 293 cm³/mol. The molecule has 0 aliphatic heterocycles. The fraction of sp³-hybridized carbons (Fsp3) is 0. The van der Waals surface area contributed by atoms with E-state index in [0.29, 0.717) is 23.0 Å². The van der Waals surface area contributed by atoms with Gasteiger partial charge in [-0.05, 0) is 133 Å². The highest BCUT2D eigenvalue weighted by Gasteiger charge is 2.17. The molecule has 0 aliphatic carbocycles. The Balaban J connectivity index is 1.15. The molecule has 382 valence electrons. The SMILES string of the molecule is O=C(Oc1ccccc1)c1ccc(O)c(C=Nc2cc(N=Cc3cc(C(=O)Oc4ccccc4)ccc3O)c(N=Cc3cc(C(=O)Oc4ccccc4)ccc3O)cc2N=Cc2cc(C(=O)Oc3ccccc3)ccc2O)c1. The standard InChI is InChI=1S/C62H42N4O12/c67-55-25-21-39(59(71)75-47-13-5-1-6-14-47)29-43(55)35-63-51-33-53(65-37-45-31-41(23-27-57(45)69)61(73)77-49-17-9-3-10-18-49)54(66-38-46-32-42(24-28-58(46)70)62(74)78-50-19-11-4-12-20-50)34-52(51)64-36-44-30-40(22-26-56(44)68)60(72)76-48-15-7-2-8-16-48/h1-38,67-70H. The van der Waals surface area contributed by atoms with Crippen LogP contribution in [0.5, 0.6) is 46.0 Å². The van der Waals surface area contributed by atoms with Crippen molar-refractivity contribution in [3.8, 4) is 46.0 Å². The number of carbonyl (C=O) groups is 4. The number of hydrogen-bond donors (Lipinski definition) is 4. The fourth-order valence-electron chi connectivity index (χ4n) is 7.28. The van der Waals surface area contributed by atoms with E-state index in [4.69, 9.17) is 18.9 Å². The Morgan fingerprint density at radius 2 is 0.487 bits per heavy atom. The molecule has 0 aromatic heterocycles. The van der Waals surface area contributed by atoms with E-state index in [2.05, 4.69) is 20.0 Å². The normalized spacial score (nSPS) is 11.3. The number of phenols is 4. The van der Waals surface area contributed by atoms with Gasteiger partial charge in [0.25, 0.3) is 0 Å². The molecule has 0 fully saturated rings. The summed E-state index contributed by atoms with van der Waals surface area (Å²) in [5, 5.41) is 44.1. The van der Waals surface area contributed by atoms with Crippen molar-refractivity contribution in [3.05, 3.63) is 251 Å². The second-order valence-electron chi connectivity index (χ2n) is 16.8. The Bertz CT molecular complexity index is 3320. The number of esters is 4. The first kappa shape index (κ1) is 51.6. The second-order valence-corrected chi connectivity index (χ2v) is 16.8. The quantitative estimate of drug-likeness (QED) is 0.0402. The van der Waals surface area contributed by atoms with Gasteiger partial charge in [0, 0.05) is 47.1 Å². The monoisotopic (exact) mass is 1030 g/mol. The number of nitrogens with zero attached hydrogens (tertiary/aromatic N) is 4. The van der Waals surface area contributed by atoms with E-state index in [0.717, 1.165) is 0 Å². The molecule has 0 saturated heterocycles. The van der Waals surface area contributed by atoms with Crippen molar-refractivity contribution < 1.29 is 58.6 Å². The van der Waals surface area contributed by atoms with E-state index in [9.17, 15) is 39.6 Å². The Kier molecular flexibility index (Phi) is 16.0. The number of hydrogen-bond acceptors (Lipinski definition) is 16. The maximum atomic E-state index is 13.2. The number of para-hydroxylation sites is 4. The zero-order valence-electron chi connectivity index (χ0n) is 40.8. The first-order valence-electron chi connectivity index (χ1n) is 23.7. The van der Waals surface area contributed by atoms with E-state index >= 15 is 0 Å². The molecule has 0 bridgehead atoms. The molecule has 0 unspecified atom stereocenters.